The number of nitrogens with one attached hydrogen (secondary N) is 1. The minimum Gasteiger partial charge on any atom is -0.489 e. The van der Waals surface area contributed by atoms with Gasteiger partial charge in [-0.25, -0.2) is 8.42 Å². The number of nitriles is 1. The first kappa shape index (κ1) is 18.9. The van der Waals surface area contributed by atoms with Crippen molar-refractivity contribution in [1.82, 2.24) is 0 Å². The molecule has 2 aromatic rings. The summed E-state index contributed by atoms with van der Waals surface area (Å²) in [5.41, 5.74) is 2.06. The molecule has 1 unspecified atom stereocenters. The van der Waals surface area contributed by atoms with E-state index >= 15 is 0 Å². The molecule has 1 fully saturated rings. The fraction of sp³-hybridized carbons (Fsp3) is 0.300. The maximum Gasteiger partial charge on any atom is 0.224 e. The summed E-state index contributed by atoms with van der Waals surface area (Å²) in [6.45, 7) is 0.312. The Morgan fingerprint density at radius 1 is 1.22 bits per heavy atom. The minimum atomic E-state index is -2.98. The average Bonchev–Trinajstić information content (AvgIpc) is 2.98. The minimum absolute atomic E-state index is 0.0886. The molecule has 0 aliphatic carbocycles. The SMILES string of the molecule is N#Cc1cccc(COc2cccc(NC(=O)CC3CCS(=O)(=O)C3)c2)c1. The van der Waals surface area contributed by atoms with E-state index in [4.69, 9.17) is 10.00 Å². The average molecular weight is 384 g/mol. The summed E-state index contributed by atoms with van der Waals surface area (Å²) < 4.78 is 28.7. The summed E-state index contributed by atoms with van der Waals surface area (Å²) in [5, 5.41) is 11.7. The Morgan fingerprint density at radius 2 is 2.04 bits per heavy atom. The number of anilines is 1. The summed E-state index contributed by atoms with van der Waals surface area (Å²) in [6, 6.07) is 16.3. The third-order valence-corrected chi connectivity index (χ3v) is 6.22. The number of carbonyl (C=O) groups excluding carboxylic acids is 1. The van der Waals surface area contributed by atoms with E-state index in [9.17, 15) is 13.2 Å². The van der Waals surface area contributed by atoms with Crippen LogP contribution in [0, 0.1) is 17.2 Å². The van der Waals surface area contributed by atoms with Crippen LogP contribution in [0.5, 0.6) is 5.75 Å². The predicted molar refractivity (Wildman–Crippen MR) is 102 cm³/mol. The van der Waals surface area contributed by atoms with Gasteiger partial charge in [0, 0.05) is 18.2 Å². The highest BCUT2D eigenvalue weighted by atomic mass is 32.2. The highest BCUT2D eigenvalue weighted by Crippen LogP contribution is 2.23. The molecule has 0 bridgehead atoms. The Bertz CT molecular complexity index is 979. The van der Waals surface area contributed by atoms with E-state index in [1.165, 1.54) is 0 Å². The Kier molecular flexibility index (Phi) is 5.77. The first-order valence-electron chi connectivity index (χ1n) is 8.66. The smallest absolute Gasteiger partial charge is 0.224 e. The Balaban J connectivity index is 1.55. The summed E-state index contributed by atoms with van der Waals surface area (Å²) >= 11 is 0. The number of hydrogen-bond acceptors (Lipinski definition) is 5. The van der Waals surface area contributed by atoms with Gasteiger partial charge < -0.3 is 10.1 Å². The Hall–Kier alpha value is -2.85. The first-order valence-corrected chi connectivity index (χ1v) is 10.5. The van der Waals surface area contributed by atoms with Gasteiger partial charge in [-0.15, -0.1) is 0 Å². The van der Waals surface area contributed by atoms with Crippen LogP contribution in [-0.2, 0) is 21.2 Å². The normalized spacial score (nSPS) is 17.8. The number of sulfone groups is 1. The van der Waals surface area contributed by atoms with Crippen LogP contribution in [0.25, 0.3) is 0 Å². The van der Waals surface area contributed by atoms with Crippen LogP contribution in [0.2, 0.25) is 0 Å². The van der Waals surface area contributed by atoms with Gasteiger partial charge in [0.15, 0.2) is 9.84 Å². The molecule has 1 amide bonds. The standard InChI is InChI=1S/C20H20N2O4S/c21-12-15-3-1-4-16(9-15)13-26-19-6-2-5-18(11-19)22-20(23)10-17-7-8-27(24,25)14-17/h1-6,9,11,17H,7-8,10,13-14H2,(H,22,23). The summed E-state index contributed by atoms with van der Waals surface area (Å²) in [4.78, 5) is 12.2. The summed E-state index contributed by atoms with van der Waals surface area (Å²) in [7, 11) is -2.98. The molecule has 27 heavy (non-hydrogen) atoms. The lowest BCUT2D eigenvalue weighted by molar-refractivity contribution is -0.116. The molecule has 0 radical (unpaired) electrons. The molecule has 1 heterocycles. The van der Waals surface area contributed by atoms with Crippen molar-refractivity contribution in [2.24, 2.45) is 5.92 Å². The molecule has 6 nitrogen and oxygen atoms in total. The van der Waals surface area contributed by atoms with Gasteiger partial charge in [0.25, 0.3) is 0 Å². The van der Waals surface area contributed by atoms with Gasteiger partial charge in [-0.3, -0.25) is 4.79 Å². The number of amides is 1. The van der Waals surface area contributed by atoms with Crippen LogP contribution in [0.3, 0.4) is 0 Å². The van der Waals surface area contributed by atoms with Gasteiger partial charge in [0.05, 0.1) is 23.1 Å². The number of carbonyl (C=O) groups is 1. The van der Waals surface area contributed by atoms with Crippen molar-refractivity contribution < 1.29 is 17.9 Å². The molecule has 0 aromatic heterocycles. The zero-order chi connectivity index (χ0) is 19.3. The van der Waals surface area contributed by atoms with Gasteiger partial charge in [-0.2, -0.15) is 5.26 Å². The van der Waals surface area contributed by atoms with Gasteiger partial charge >= 0.3 is 0 Å². The summed E-state index contributed by atoms with van der Waals surface area (Å²) in [6.07, 6.45) is 0.742. The number of nitrogens with zero attached hydrogens (tertiary/aromatic N) is 1. The van der Waals surface area contributed by atoms with E-state index in [1.54, 1.807) is 42.5 Å². The molecule has 140 valence electrons. The Labute approximate surface area is 158 Å². The monoisotopic (exact) mass is 384 g/mol. The fourth-order valence-corrected chi connectivity index (χ4v) is 4.93. The number of rotatable bonds is 6. The zero-order valence-corrected chi connectivity index (χ0v) is 15.5. The zero-order valence-electron chi connectivity index (χ0n) is 14.7. The van der Waals surface area contributed by atoms with Gasteiger partial charge in [-0.05, 0) is 42.2 Å². The molecule has 1 aliphatic heterocycles. The first-order chi connectivity index (χ1) is 12.9. The second-order valence-corrected chi connectivity index (χ2v) is 8.88. The second kappa shape index (κ2) is 8.23. The van der Waals surface area contributed by atoms with E-state index in [1.807, 2.05) is 6.07 Å². The van der Waals surface area contributed by atoms with Gasteiger partial charge in [0.2, 0.25) is 5.91 Å². The van der Waals surface area contributed by atoms with Gasteiger partial charge in [-0.1, -0.05) is 18.2 Å². The molecular weight excluding hydrogens is 364 g/mol. The molecule has 0 spiro atoms. The van der Waals surface area contributed by atoms with E-state index in [0.29, 0.717) is 30.0 Å². The lowest BCUT2D eigenvalue weighted by Gasteiger charge is -2.11. The fourth-order valence-electron chi connectivity index (χ4n) is 3.07. The maximum atomic E-state index is 12.2. The molecule has 1 atom stereocenters. The third kappa shape index (κ3) is 5.56. The number of hydrogen-bond donors (Lipinski definition) is 1. The molecule has 1 saturated heterocycles. The lowest BCUT2D eigenvalue weighted by atomic mass is 10.1. The Morgan fingerprint density at radius 3 is 2.78 bits per heavy atom. The largest absolute Gasteiger partial charge is 0.489 e. The molecule has 7 heteroatoms. The maximum absolute atomic E-state index is 12.2. The van der Waals surface area contributed by atoms with Crippen LogP contribution < -0.4 is 10.1 Å². The van der Waals surface area contributed by atoms with Crippen molar-refractivity contribution in [3.05, 3.63) is 59.7 Å². The van der Waals surface area contributed by atoms with Crippen molar-refractivity contribution in [2.45, 2.75) is 19.4 Å². The highest BCUT2D eigenvalue weighted by molar-refractivity contribution is 7.91. The summed E-state index contributed by atoms with van der Waals surface area (Å²) in [5.74, 6) is 0.545. The molecule has 2 aromatic carbocycles. The van der Waals surface area contributed by atoms with E-state index < -0.39 is 9.84 Å². The van der Waals surface area contributed by atoms with Crippen LogP contribution in [0.4, 0.5) is 5.69 Å². The van der Waals surface area contributed by atoms with Crippen LogP contribution in [0.15, 0.2) is 48.5 Å². The van der Waals surface area contributed by atoms with Gasteiger partial charge in [0.1, 0.15) is 12.4 Å². The topological polar surface area (TPSA) is 96.3 Å². The van der Waals surface area contributed by atoms with Crippen LogP contribution in [0.1, 0.15) is 24.0 Å². The van der Waals surface area contributed by atoms with Crippen LogP contribution >= 0.6 is 0 Å². The van der Waals surface area contributed by atoms with Crippen LogP contribution in [-0.4, -0.2) is 25.8 Å². The molecule has 3 rings (SSSR count). The predicted octanol–water partition coefficient (Wildman–Crippen LogP) is 2.90. The molecular formula is C20H20N2O4S. The molecule has 0 saturated carbocycles. The van der Waals surface area contributed by atoms with Crippen molar-refractivity contribution in [3.8, 4) is 11.8 Å². The molecule has 1 N–H and O–H groups in total. The highest BCUT2D eigenvalue weighted by Gasteiger charge is 2.29. The van der Waals surface area contributed by atoms with Crippen molar-refractivity contribution in [1.29, 1.82) is 5.26 Å². The van der Waals surface area contributed by atoms with E-state index in [0.717, 1.165) is 5.56 Å². The quantitative estimate of drug-likeness (QED) is 0.826. The number of ether oxygens (including phenoxy) is 1. The number of benzene rings is 2. The van der Waals surface area contributed by atoms with Crippen molar-refractivity contribution in [3.63, 3.8) is 0 Å². The van der Waals surface area contributed by atoms with E-state index in [-0.39, 0.29) is 29.8 Å². The third-order valence-electron chi connectivity index (χ3n) is 4.38. The van der Waals surface area contributed by atoms with Crippen molar-refractivity contribution in [2.75, 3.05) is 16.8 Å². The second-order valence-electron chi connectivity index (χ2n) is 6.65. The van der Waals surface area contributed by atoms with E-state index in [2.05, 4.69) is 11.4 Å². The molecule has 1 aliphatic rings. The lowest BCUT2D eigenvalue weighted by Crippen LogP contribution is -2.17. The van der Waals surface area contributed by atoms with Crippen molar-refractivity contribution >= 4 is 21.4 Å².